The number of carbonyl (C=O) groups excluding carboxylic acids is 1. The van der Waals surface area contributed by atoms with Crippen LogP contribution >= 0.6 is 56.3 Å². The number of esters is 1. The van der Waals surface area contributed by atoms with Gasteiger partial charge in [-0.05, 0) is 6.92 Å². The van der Waals surface area contributed by atoms with E-state index in [2.05, 4.69) is 0 Å². The van der Waals surface area contributed by atoms with Crippen LogP contribution in [0.3, 0.4) is 0 Å². The van der Waals surface area contributed by atoms with Crippen LogP contribution in [-0.2, 0) is 11.8 Å². The lowest BCUT2D eigenvalue weighted by atomic mass is 10.3. The van der Waals surface area contributed by atoms with E-state index in [0.29, 0.717) is 17.4 Å². The molecule has 8 heteroatoms. The maximum absolute atomic E-state index is 12.1. The highest BCUT2D eigenvalue weighted by Crippen LogP contribution is 2.39. The van der Waals surface area contributed by atoms with Gasteiger partial charge in [0.15, 0.2) is 0 Å². The van der Waals surface area contributed by atoms with E-state index in [1.165, 1.54) is 32.4 Å². The number of fused-ring (bicyclic) bond motifs is 1. The van der Waals surface area contributed by atoms with Crippen LogP contribution in [0.4, 0.5) is 0 Å². The van der Waals surface area contributed by atoms with Crippen molar-refractivity contribution in [2.75, 3.05) is 11.8 Å². The first-order chi connectivity index (χ1) is 8.61. The number of aromatic nitrogens is 1. The van der Waals surface area contributed by atoms with Gasteiger partial charge in [0.25, 0.3) is 0 Å². The summed E-state index contributed by atoms with van der Waals surface area (Å²) < 4.78 is 8.75. The van der Waals surface area contributed by atoms with Crippen molar-refractivity contribution in [2.45, 2.75) is 11.9 Å². The lowest BCUT2D eigenvalue weighted by molar-refractivity contribution is 0.0524. The zero-order chi connectivity index (χ0) is 13.3. The molecule has 2 aromatic heterocycles. The zero-order valence-corrected chi connectivity index (χ0v) is 13.7. The highest BCUT2D eigenvalue weighted by Gasteiger charge is 2.24. The summed E-state index contributed by atoms with van der Waals surface area (Å²) in [5.41, 5.74) is 1.52. The predicted octanol–water partition coefficient (Wildman–Crippen LogP) is 4.50. The van der Waals surface area contributed by atoms with Crippen LogP contribution in [0.1, 0.15) is 17.3 Å². The number of halogens is 1. The predicted molar refractivity (Wildman–Crippen MR) is 82.0 cm³/mol. The first-order valence-corrected chi connectivity index (χ1v) is 9.17. The highest BCUT2D eigenvalue weighted by molar-refractivity contribution is 8.00. The van der Waals surface area contributed by atoms with Crippen LogP contribution in [0.2, 0.25) is 0 Å². The van der Waals surface area contributed by atoms with Crippen molar-refractivity contribution in [1.29, 1.82) is 0 Å². The Labute approximate surface area is 126 Å². The molecule has 0 saturated heterocycles. The van der Waals surface area contributed by atoms with Gasteiger partial charge >= 0.3 is 5.97 Å². The summed E-state index contributed by atoms with van der Waals surface area (Å²) in [5, 5.41) is 1.21. The number of hydrogen-bond donors (Lipinski definition) is 0. The molecule has 0 spiro atoms. The first kappa shape index (κ1) is 14.3. The molecule has 0 aromatic carbocycles. The molecule has 0 aliphatic heterocycles. The molecule has 0 N–H and O–H groups in total. The van der Waals surface area contributed by atoms with Gasteiger partial charge in [0.05, 0.1) is 27.1 Å². The molecular weight excluding hydrogens is 330 g/mol. The lowest BCUT2D eigenvalue weighted by Gasteiger charge is -2.05. The molecule has 98 valence electrons. The summed E-state index contributed by atoms with van der Waals surface area (Å²) in [5.74, 6) is -0.306. The third kappa shape index (κ3) is 2.34. The summed E-state index contributed by atoms with van der Waals surface area (Å²) in [4.78, 5) is 12.1. The van der Waals surface area contributed by atoms with Gasteiger partial charge in [0.2, 0.25) is 0 Å². The molecule has 0 radical (unpaired) electrons. The van der Waals surface area contributed by atoms with Crippen LogP contribution in [0, 0.1) is 3.82 Å². The van der Waals surface area contributed by atoms with E-state index < -0.39 is 0 Å². The number of ether oxygens (including phenoxy) is 1. The second-order valence-electron chi connectivity index (χ2n) is 3.34. The third-order valence-corrected chi connectivity index (χ3v) is 6.55. The lowest BCUT2D eigenvalue weighted by Crippen LogP contribution is -2.06. The van der Waals surface area contributed by atoms with Crippen molar-refractivity contribution in [3.63, 3.8) is 0 Å². The van der Waals surface area contributed by atoms with Crippen molar-refractivity contribution in [1.82, 2.24) is 4.57 Å². The Morgan fingerprint density at radius 2 is 2.28 bits per heavy atom. The minimum absolute atomic E-state index is 0.306. The van der Waals surface area contributed by atoms with Gasteiger partial charge in [-0.25, -0.2) is 4.79 Å². The largest absolute Gasteiger partial charge is 0.462 e. The molecule has 2 heterocycles. The summed E-state index contributed by atoms with van der Waals surface area (Å²) in [7, 11) is 4.91. The number of alkyl halides is 1. The molecule has 0 amide bonds. The van der Waals surface area contributed by atoms with Crippen molar-refractivity contribution in [2.24, 2.45) is 7.05 Å². The molecule has 0 saturated carbocycles. The minimum Gasteiger partial charge on any atom is -0.462 e. The molecule has 18 heavy (non-hydrogen) atoms. The zero-order valence-electron chi connectivity index (χ0n) is 9.69. The van der Waals surface area contributed by atoms with Gasteiger partial charge in [-0.3, -0.25) is 0 Å². The van der Waals surface area contributed by atoms with Gasteiger partial charge in [0, 0.05) is 7.05 Å². The van der Waals surface area contributed by atoms with Gasteiger partial charge in [-0.15, -0.1) is 11.6 Å². The first-order valence-electron chi connectivity index (χ1n) is 5.09. The average Bonchev–Trinajstić information content (AvgIpc) is 2.82. The molecule has 0 aliphatic rings. The van der Waals surface area contributed by atoms with Gasteiger partial charge in [-0.1, -0.05) is 44.7 Å². The number of thioether (sulfide) groups is 1. The Morgan fingerprint density at radius 3 is 2.89 bits per heavy atom. The van der Waals surface area contributed by atoms with Crippen LogP contribution in [0.15, 0.2) is 5.03 Å². The smallest absolute Gasteiger partial charge is 0.342 e. The molecule has 2 aromatic rings. The molecule has 0 atom stereocenters. The second kappa shape index (κ2) is 5.92. The standard InChI is InChI=1S/C10H10ClNO2S4/c1-3-14-9(13)5-7-6(10(15)18-17-7)12(2)8(5)16-4-11/h3-4H2,1-2H3. The fraction of sp³-hybridized carbons (Fsp3) is 0.400. The van der Waals surface area contributed by atoms with Crippen LogP contribution < -0.4 is 0 Å². The van der Waals surface area contributed by atoms with E-state index in [1.807, 2.05) is 11.6 Å². The van der Waals surface area contributed by atoms with Gasteiger partial charge in [0.1, 0.15) is 9.39 Å². The van der Waals surface area contributed by atoms with E-state index in [1.54, 1.807) is 6.92 Å². The van der Waals surface area contributed by atoms with E-state index >= 15 is 0 Å². The summed E-state index contributed by atoms with van der Waals surface area (Å²) in [6.07, 6.45) is 0. The number of carbonyl (C=O) groups is 1. The highest BCUT2D eigenvalue weighted by atomic mass is 35.5. The van der Waals surface area contributed by atoms with Crippen LogP contribution in [0.25, 0.3) is 10.2 Å². The van der Waals surface area contributed by atoms with Crippen molar-refractivity contribution in [3.05, 3.63) is 9.39 Å². The van der Waals surface area contributed by atoms with E-state index in [9.17, 15) is 4.79 Å². The minimum atomic E-state index is -0.306. The molecule has 2 rings (SSSR count). The van der Waals surface area contributed by atoms with Gasteiger partial charge < -0.3 is 9.30 Å². The summed E-state index contributed by atoms with van der Waals surface area (Å²) >= 11 is 12.5. The number of rotatable bonds is 4. The summed E-state index contributed by atoms with van der Waals surface area (Å²) in [6, 6.07) is 0. The van der Waals surface area contributed by atoms with Crippen molar-refractivity contribution in [3.8, 4) is 0 Å². The Bertz CT molecular complexity index is 642. The third-order valence-electron chi connectivity index (χ3n) is 2.36. The Morgan fingerprint density at radius 1 is 1.56 bits per heavy atom. The molecule has 0 aliphatic carbocycles. The normalized spacial score (nSPS) is 11.1. The average molecular weight is 340 g/mol. The quantitative estimate of drug-likeness (QED) is 0.270. The Balaban J connectivity index is 2.71. The number of hydrogen-bond acceptors (Lipinski definition) is 6. The topological polar surface area (TPSA) is 31.2 Å². The fourth-order valence-corrected chi connectivity index (χ4v) is 5.70. The van der Waals surface area contributed by atoms with E-state index in [0.717, 1.165) is 19.1 Å². The molecule has 3 nitrogen and oxygen atoms in total. The van der Waals surface area contributed by atoms with Crippen LogP contribution in [-0.4, -0.2) is 22.4 Å². The van der Waals surface area contributed by atoms with Crippen molar-refractivity contribution >= 4 is 72.4 Å². The molecule has 0 bridgehead atoms. The maximum atomic E-state index is 12.1. The second-order valence-corrected chi connectivity index (χ2v) is 7.71. The van der Waals surface area contributed by atoms with Crippen LogP contribution in [0.5, 0.6) is 0 Å². The Kier molecular flexibility index (Phi) is 4.71. The summed E-state index contributed by atoms with van der Waals surface area (Å²) in [6.45, 7) is 2.15. The fourth-order valence-electron chi connectivity index (χ4n) is 1.67. The van der Waals surface area contributed by atoms with Crippen molar-refractivity contribution < 1.29 is 9.53 Å². The van der Waals surface area contributed by atoms with E-state index in [-0.39, 0.29) is 5.97 Å². The monoisotopic (exact) mass is 339 g/mol. The molecular formula is C10H10ClNO2S4. The Hall–Kier alpha value is -0.0800. The number of nitrogens with zero attached hydrogens (tertiary/aromatic N) is 1. The SMILES string of the molecule is CCOC(=O)c1c(SCCl)n(C)c2c(=S)ssc12. The molecule has 0 fully saturated rings. The molecule has 0 unspecified atom stereocenters. The van der Waals surface area contributed by atoms with Gasteiger partial charge in [-0.2, -0.15) is 0 Å². The maximum Gasteiger partial charge on any atom is 0.342 e. The van der Waals surface area contributed by atoms with E-state index in [4.69, 9.17) is 28.6 Å². The number of aryl methyl sites for hydroxylation is 1.